The summed E-state index contributed by atoms with van der Waals surface area (Å²) in [5.74, 6) is -1.10. The van der Waals surface area contributed by atoms with Crippen LogP contribution in [0.5, 0.6) is 0 Å². The average molecular weight is 442 g/mol. The molecule has 0 aromatic heterocycles. The van der Waals surface area contributed by atoms with Gasteiger partial charge in [0.05, 0.1) is 86.8 Å². The average Bonchev–Trinajstić information content (AvgIpc) is 2.70. The van der Waals surface area contributed by atoms with Gasteiger partial charge in [-0.3, -0.25) is 0 Å². The first-order valence-corrected chi connectivity index (χ1v) is 10.2. The summed E-state index contributed by atoms with van der Waals surface area (Å²) in [5.41, 5.74) is 0. The number of carboxylic acid groups (broad SMARTS) is 1. The number of hydrogen-bond donors (Lipinski definition) is 0. The number of carbonyl (C=O) groups excluding carboxylic acids is 1. The summed E-state index contributed by atoms with van der Waals surface area (Å²) in [5, 5.41) is 10.0. The fraction of sp³-hybridized carbons (Fsp3) is 0.950. The van der Waals surface area contributed by atoms with Crippen LogP contribution >= 0.6 is 0 Å². The Kier molecular flexibility index (Phi) is 25.5. The minimum Gasteiger partial charge on any atom is -0.550 e. The van der Waals surface area contributed by atoms with E-state index in [9.17, 15) is 9.90 Å². The van der Waals surface area contributed by atoms with Crippen LogP contribution in [0.2, 0.25) is 0 Å². The van der Waals surface area contributed by atoms with Crippen LogP contribution in [0.15, 0.2) is 0 Å². The molecule has 10 nitrogen and oxygen atoms in total. The van der Waals surface area contributed by atoms with Gasteiger partial charge in [-0.05, 0) is 0 Å². The van der Waals surface area contributed by atoms with Gasteiger partial charge in [0.2, 0.25) is 0 Å². The molecule has 0 saturated carbocycles. The van der Waals surface area contributed by atoms with Crippen LogP contribution in [0.1, 0.15) is 6.42 Å². The normalized spacial score (nSPS) is 11.2. The Morgan fingerprint density at radius 2 is 0.967 bits per heavy atom. The highest BCUT2D eigenvalue weighted by Gasteiger charge is 2.13. The smallest absolute Gasteiger partial charge is 0.102 e. The van der Waals surface area contributed by atoms with Gasteiger partial charge in [-0.1, -0.05) is 0 Å². The van der Waals surface area contributed by atoms with Gasteiger partial charge in [0.1, 0.15) is 13.1 Å². The van der Waals surface area contributed by atoms with Crippen LogP contribution in [0.3, 0.4) is 0 Å². The molecular weight excluding hydrogens is 398 g/mol. The molecule has 0 unspecified atom stereocenters. The SMILES string of the molecule is COCCOCCOCCOCCC(=O)[O-].COCCOCC[N+](C)(C)CCOC. The van der Waals surface area contributed by atoms with E-state index in [-0.39, 0.29) is 13.0 Å². The van der Waals surface area contributed by atoms with Crippen LogP contribution < -0.4 is 5.11 Å². The highest BCUT2D eigenvalue weighted by atomic mass is 16.6. The summed E-state index contributed by atoms with van der Waals surface area (Å²) in [4.78, 5) is 10.0. The van der Waals surface area contributed by atoms with Crippen LogP contribution in [-0.2, 0) is 38.0 Å². The zero-order valence-corrected chi connectivity index (χ0v) is 19.5. The Hall–Kier alpha value is -0.850. The number of rotatable bonds is 21. The number of nitrogens with zero attached hydrogens (tertiary/aromatic N) is 1. The van der Waals surface area contributed by atoms with Crippen molar-refractivity contribution in [1.29, 1.82) is 0 Å². The lowest BCUT2D eigenvalue weighted by Gasteiger charge is -2.29. The zero-order chi connectivity index (χ0) is 22.9. The Morgan fingerprint density at radius 3 is 1.40 bits per heavy atom. The molecule has 0 radical (unpaired) electrons. The number of carbonyl (C=O) groups is 1. The molecule has 0 rings (SSSR count). The molecule has 0 aromatic rings. The van der Waals surface area contributed by atoms with Crippen molar-refractivity contribution < 1.29 is 47.5 Å². The molecule has 182 valence electrons. The summed E-state index contributed by atoms with van der Waals surface area (Å²) in [6.45, 7) is 8.07. The van der Waals surface area contributed by atoms with E-state index >= 15 is 0 Å². The van der Waals surface area contributed by atoms with Gasteiger partial charge >= 0.3 is 0 Å². The molecule has 0 aliphatic rings. The largest absolute Gasteiger partial charge is 0.550 e. The third-order valence-corrected chi connectivity index (χ3v) is 3.80. The molecule has 0 fully saturated rings. The van der Waals surface area contributed by atoms with Crippen molar-refractivity contribution in [2.45, 2.75) is 6.42 Å². The number of carboxylic acids is 1. The Labute approximate surface area is 181 Å². The van der Waals surface area contributed by atoms with Crippen molar-refractivity contribution >= 4 is 5.97 Å². The first kappa shape index (κ1) is 31.3. The van der Waals surface area contributed by atoms with Crippen LogP contribution in [0.4, 0.5) is 0 Å². The third-order valence-electron chi connectivity index (χ3n) is 3.80. The van der Waals surface area contributed by atoms with E-state index in [0.29, 0.717) is 52.9 Å². The maximum Gasteiger partial charge on any atom is 0.102 e. The van der Waals surface area contributed by atoms with Crippen molar-refractivity contribution in [2.75, 3.05) is 121 Å². The Bertz CT molecular complexity index is 357. The predicted octanol–water partition coefficient (Wildman–Crippen LogP) is -0.805. The van der Waals surface area contributed by atoms with Gasteiger partial charge in [0, 0.05) is 33.7 Å². The Morgan fingerprint density at radius 1 is 0.600 bits per heavy atom. The Balaban J connectivity index is 0. The van der Waals surface area contributed by atoms with Gasteiger partial charge < -0.3 is 47.5 Å². The maximum atomic E-state index is 10.0. The van der Waals surface area contributed by atoms with Crippen LogP contribution in [0, 0.1) is 0 Å². The quantitative estimate of drug-likeness (QED) is 0.167. The van der Waals surface area contributed by atoms with E-state index in [0.717, 1.165) is 30.8 Å². The number of hydrogen-bond acceptors (Lipinski definition) is 9. The molecule has 0 bridgehead atoms. The summed E-state index contributed by atoms with van der Waals surface area (Å²) >= 11 is 0. The van der Waals surface area contributed by atoms with Crippen molar-refractivity contribution in [3.05, 3.63) is 0 Å². The second-order valence-corrected chi connectivity index (χ2v) is 6.93. The molecule has 10 heteroatoms. The van der Waals surface area contributed by atoms with E-state index in [1.807, 2.05) is 0 Å². The molecule has 0 saturated heterocycles. The van der Waals surface area contributed by atoms with Crippen molar-refractivity contribution in [2.24, 2.45) is 0 Å². The van der Waals surface area contributed by atoms with Crippen molar-refractivity contribution in [3.63, 3.8) is 0 Å². The van der Waals surface area contributed by atoms with Gasteiger partial charge in [-0.25, -0.2) is 0 Å². The number of aliphatic carboxylic acids is 1. The fourth-order valence-corrected chi connectivity index (χ4v) is 1.85. The van der Waals surface area contributed by atoms with Crippen molar-refractivity contribution in [1.82, 2.24) is 0 Å². The van der Waals surface area contributed by atoms with Crippen LogP contribution in [-0.4, -0.2) is 132 Å². The van der Waals surface area contributed by atoms with Crippen LogP contribution in [0.25, 0.3) is 0 Å². The van der Waals surface area contributed by atoms with E-state index < -0.39 is 5.97 Å². The summed E-state index contributed by atoms with van der Waals surface area (Å²) < 4.78 is 36.4. The lowest BCUT2D eigenvalue weighted by Crippen LogP contribution is -2.44. The molecule has 0 spiro atoms. The third kappa shape index (κ3) is 29.4. The van der Waals surface area contributed by atoms with Gasteiger partial charge in [0.15, 0.2) is 0 Å². The number of likely N-dealkylation sites (N-methyl/N-ethyl adjacent to an activating group) is 1. The second kappa shape index (κ2) is 24.4. The van der Waals surface area contributed by atoms with Gasteiger partial charge in [-0.2, -0.15) is 0 Å². The molecular formula is C20H43NO9. The minimum absolute atomic E-state index is 0.0832. The molecule has 0 heterocycles. The fourth-order valence-electron chi connectivity index (χ4n) is 1.85. The van der Waals surface area contributed by atoms with E-state index in [1.165, 1.54) is 0 Å². The van der Waals surface area contributed by atoms with E-state index in [1.54, 1.807) is 21.3 Å². The first-order chi connectivity index (χ1) is 14.4. The maximum absolute atomic E-state index is 10.0. The molecule has 0 atom stereocenters. The lowest BCUT2D eigenvalue weighted by molar-refractivity contribution is -0.891. The van der Waals surface area contributed by atoms with Gasteiger partial charge in [-0.15, -0.1) is 0 Å². The molecule has 0 amide bonds. The summed E-state index contributed by atoms with van der Waals surface area (Å²) in [6, 6.07) is 0. The minimum atomic E-state index is -1.10. The van der Waals surface area contributed by atoms with Crippen molar-refractivity contribution in [3.8, 4) is 0 Å². The molecule has 0 N–H and O–H groups in total. The molecule has 0 aliphatic carbocycles. The standard InChI is InChI=1S/C10H24NO3.C10H20O6/c1-11(2,5-7-12-3)6-8-14-10-9-13-4;1-13-4-5-15-8-9-16-7-6-14-3-2-10(11)12/h5-10H2,1-4H3;2-9H2,1H3,(H,11,12)/q+1;/p-1. The monoisotopic (exact) mass is 441 g/mol. The highest BCUT2D eigenvalue weighted by molar-refractivity contribution is 5.64. The predicted molar refractivity (Wildman–Crippen MR) is 110 cm³/mol. The number of methoxy groups -OCH3 is 3. The topological polar surface area (TPSA) is 105 Å². The summed E-state index contributed by atoms with van der Waals surface area (Å²) in [7, 11) is 9.39. The summed E-state index contributed by atoms with van der Waals surface area (Å²) in [6.07, 6.45) is -0.0832. The van der Waals surface area contributed by atoms with E-state index in [2.05, 4.69) is 14.1 Å². The molecule has 0 aliphatic heterocycles. The number of ether oxygens (including phenoxy) is 7. The van der Waals surface area contributed by atoms with E-state index in [4.69, 9.17) is 33.2 Å². The molecule has 0 aromatic carbocycles. The highest BCUT2D eigenvalue weighted by Crippen LogP contribution is 1.96. The molecule has 30 heavy (non-hydrogen) atoms. The van der Waals surface area contributed by atoms with Gasteiger partial charge in [0.25, 0.3) is 0 Å². The second-order valence-electron chi connectivity index (χ2n) is 6.93. The number of quaternary nitrogens is 1. The zero-order valence-electron chi connectivity index (χ0n) is 19.5. The lowest BCUT2D eigenvalue weighted by atomic mass is 10.4. The first-order valence-electron chi connectivity index (χ1n) is 10.2.